The summed E-state index contributed by atoms with van der Waals surface area (Å²) < 4.78 is 0. The quantitative estimate of drug-likeness (QED) is 0.246. The van der Waals surface area contributed by atoms with Crippen LogP contribution in [0.3, 0.4) is 0 Å². The van der Waals surface area contributed by atoms with Crippen LogP contribution in [0.25, 0.3) is 0 Å². The molecule has 0 radical (unpaired) electrons. The van der Waals surface area contributed by atoms with Crippen molar-refractivity contribution in [2.45, 2.75) is 53.4 Å². The lowest BCUT2D eigenvalue weighted by atomic mass is 10.1. The first kappa shape index (κ1) is 19.1. The van der Waals surface area contributed by atoms with Crippen LogP contribution in [-0.4, -0.2) is 16.8 Å². The zero-order valence-corrected chi connectivity index (χ0v) is 15.4. The van der Waals surface area contributed by atoms with Crippen molar-refractivity contribution < 1.29 is 0 Å². The summed E-state index contributed by atoms with van der Waals surface area (Å²) in [5.41, 5.74) is 4.47. The molecule has 0 amide bonds. The molecule has 19 heavy (non-hydrogen) atoms. The number of allylic oxidation sites excluding steroid dienone is 5. The molecule has 0 saturated carbocycles. The lowest BCUT2D eigenvalue weighted by Crippen LogP contribution is -1.84. The highest BCUT2D eigenvalue weighted by atomic mass is 79.9. The van der Waals surface area contributed by atoms with Crippen LogP contribution in [0.2, 0.25) is 0 Å². The van der Waals surface area contributed by atoms with Gasteiger partial charge in [-0.05, 0) is 53.4 Å². The Labute approximate surface area is 133 Å². The van der Waals surface area contributed by atoms with Crippen molar-refractivity contribution in [3.8, 4) is 0 Å². The van der Waals surface area contributed by atoms with Crippen LogP contribution in [-0.2, 0) is 0 Å². The Balaban J connectivity index is 3.77. The van der Waals surface area contributed by atoms with Gasteiger partial charge in [-0.25, -0.2) is 0 Å². The normalized spacial score (nSPS) is 12.7. The molecule has 110 valence electrons. The largest absolute Gasteiger partial charge is 0.157 e. The van der Waals surface area contributed by atoms with Crippen molar-refractivity contribution in [3.05, 3.63) is 34.9 Å². The van der Waals surface area contributed by atoms with E-state index in [1.54, 1.807) is 0 Å². The summed E-state index contributed by atoms with van der Waals surface area (Å²) in [6.45, 7) is 8.84. The molecule has 0 spiro atoms. The van der Waals surface area contributed by atoms with E-state index in [9.17, 15) is 0 Å². The van der Waals surface area contributed by atoms with Crippen molar-refractivity contribution in [2.24, 2.45) is 0 Å². The Kier molecular flexibility index (Phi) is 13.1. The van der Waals surface area contributed by atoms with Crippen LogP contribution >= 0.6 is 27.7 Å². The summed E-state index contributed by atoms with van der Waals surface area (Å²) in [6.07, 6.45) is 11.9. The predicted molar refractivity (Wildman–Crippen MR) is 96.5 cm³/mol. The average molecular weight is 345 g/mol. The van der Waals surface area contributed by atoms with Crippen LogP contribution in [0.4, 0.5) is 0 Å². The highest BCUT2D eigenvalue weighted by molar-refractivity contribution is 9.09. The molecule has 0 rings (SSSR count). The van der Waals surface area contributed by atoms with Gasteiger partial charge < -0.3 is 0 Å². The molecular formula is C17H29BrS. The minimum Gasteiger partial charge on any atom is -0.157 e. The standard InChI is InChI=1S/C17H29BrS/c1-15(2)7-5-8-16(3)9-6-10-17(4)11-13-19-14-12-18/h7,9,11H,5-6,8,10,12-14H2,1-4H3/b16-9+,17-11+. The SMILES string of the molecule is CC(C)=CCC/C(C)=C/CC/C(C)=C/CSCCBr. The van der Waals surface area contributed by atoms with Crippen molar-refractivity contribution in [2.75, 3.05) is 16.8 Å². The molecule has 0 bridgehead atoms. The lowest BCUT2D eigenvalue weighted by molar-refractivity contribution is 0.917. The van der Waals surface area contributed by atoms with Crippen LogP contribution in [0.1, 0.15) is 53.4 Å². The first-order chi connectivity index (χ1) is 9.06. The Morgan fingerprint density at radius 1 is 0.895 bits per heavy atom. The van der Waals surface area contributed by atoms with E-state index >= 15 is 0 Å². The first-order valence-electron chi connectivity index (χ1n) is 7.14. The molecule has 0 nitrogen and oxygen atoms in total. The van der Waals surface area contributed by atoms with Gasteiger partial charge in [0, 0.05) is 16.8 Å². The van der Waals surface area contributed by atoms with Gasteiger partial charge in [0.25, 0.3) is 0 Å². The fourth-order valence-corrected chi connectivity index (χ4v) is 3.04. The fourth-order valence-electron chi connectivity index (χ4n) is 1.68. The molecule has 0 atom stereocenters. The number of rotatable bonds is 10. The second kappa shape index (κ2) is 13.1. The summed E-state index contributed by atoms with van der Waals surface area (Å²) in [6, 6.07) is 0. The maximum Gasteiger partial charge on any atom is 0.0122 e. The van der Waals surface area contributed by atoms with Crippen molar-refractivity contribution in [1.29, 1.82) is 0 Å². The summed E-state index contributed by atoms with van der Waals surface area (Å²) in [5.74, 6) is 2.36. The first-order valence-corrected chi connectivity index (χ1v) is 9.42. The smallest absolute Gasteiger partial charge is 0.0122 e. The molecule has 0 aromatic rings. The zero-order valence-electron chi connectivity index (χ0n) is 13.0. The Morgan fingerprint density at radius 3 is 2.05 bits per heavy atom. The Bertz CT molecular complexity index is 309. The molecular weight excluding hydrogens is 316 g/mol. The van der Waals surface area contributed by atoms with Gasteiger partial charge in [-0.15, -0.1) is 0 Å². The van der Waals surface area contributed by atoms with Gasteiger partial charge in [-0.3, -0.25) is 0 Å². The molecule has 0 fully saturated rings. The van der Waals surface area contributed by atoms with Crippen molar-refractivity contribution >= 4 is 27.7 Å². The van der Waals surface area contributed by atoms with E-state index in [2.05, 4.69) is 61.9 Å². The molecule has 0 N–H and O–H groups in total. The summed E-state index contributed by atoms with van der Waals surface area (Å²) in [7, 11) is 0. The van der Waals surface area contributed by atoms with Crippen molar-refractivity contribution in [3.63, 3.8) is 0 Å². The highest BCUT2D eigenvalue weighted by Crippen LogP contribution is 2.12. The molecule has 0 aromatic heterocycles. The van der Waals surface area contributed by atoms with Crippen molar-refractivity contribution in [1.82, 2.24) is 0 Å². The number of hydrogen-bond donors (Lipinski definition) is 0. The van der Waals surface area contributed by atoms with Gasteiger partial charge in [0.2, 0.25) is 0 Å². The Morgan fingerprint density at radius 2 is 1.47 bits per heavy atom. The third kappa shape index (κ3) is 14.3. The minimum absolute atomic E-state index is 1.10. The number of halogens is 1. The van der Waals surface area contributed by atoms with E-state index in [4.69, 9.17) is 0 Å². The maximum absolute atomic E-state index is 3.45. The van der Waals surface area contributed by atoms with Gasteiger partial charge in [0.05, 0.1) is 0 Å². The van der Waals surface area contributed by atoms with Crippen LogP contribution in [0.15, 0.2) is 34.9 Å². The van der Waals surface area contributed by atoms with Crippen LogP contribution in [0, 0.1) is 0 Å². The number of alkyl halides is 1. The topological polar surface area (TPSA) is 0 Å². The average Bonchev–Trinajstić information content (AvgIpc) is 2.34. The van der Waals surface area contributed by atoms with E-state index in [-0.39, 0.29) is 0 Å². The Hall–Kier alpha value is 0.0500. The maximum atomic E-state index is 3.45. The van der Waals surface area contributed by atoms with Gasteiger partial charge in [0.1, 0.15) is 0 Å². The molecule has 0 aromatic carbocycles. The second-order valence-electron chi connectivity index (χ2n) is 5.22. The summed E-state index contributed by atoms with van der Waals surface area (Å²) in [4.78, 5) is 0. The second-order valence-corrected chi connectivity index (χ2v) is 7.17. The fraction of sp³-hybridized carbons (Fsp3) is 0.647. The van der Waals surface area contributed by atoms with E-state index < -0.39 is 0 Å². The summed E-state index contributed by atoms with van der Waals surface area (Å²) in [5, 5.41) is 1.10. The van der Waals surface area contributed by atoms with E-state index in [1.165, 1.54) is 48.2 Å². The third-order valence-electron chi connectivity index (χ3n) is 2.89. The highest BCUT2D eigenvalue weighted by Gasteiger charge is 1.92. The molecule has 0 heterocycles. The predicted octanol–water partition coefficient (Wildman–Crippen LogP) is 6.53. The monoisotopic (exact) mass is 344 g/mol. The molecule has 0 aliphatic heterocycles. The molecule has 0 aliphatic rings. The summed E-state index contributed by atoms with van der Waals surface area (Å²) >= 11 is 5.44. The lowest BCUT2D eigenvalue weighted by Gasteiger charge is -2.01. The zero-order chi connectivity index (χ0) is 14.5. The van der Waals surface area contributed by atoms with E-state index in [0.29, 0.717) is 0 Å². The molecule has 0 aliphatic carbocycles. The van der Waals surface area contributed by atoms with Crippen LogP contribution < -0.4 is 0 Å². The van der Waals surface area contributed by atoms with E-state index in [1.807, 2.05) is 11.8 Å². The molecule has 2 heteroatoms. The molecule has 0 saturated heterocycles. The van der Waals surface area contributed by atoms with Gasteiger partial charge in [0.15, 0.2) is 0 Å². The number of hydrogen-bond acceptors (Lipinski definition) is 1. The van der Waals surface area contributed by atoms with Gasteiger partial charge in [-0.2, -0.15) is 11.8 Å². The number of thioether (sulfide) groups is 1. The molecule has 0 unspecified atom stereocenters. The minimum atomic E-state index is 1.10. The van der Waals surface area contributed by atoms with Crippen LogP contribution in [0.5, 0.6) is 0 Å². The van der Waals surface area contributed by atoms with E-state index in [0.717, 1.165) is 11.1 Å². The van der Waals surface area contributed by atoms with Gasteiger partial charge >= 0.3 is 0 Å². The third-order valence-corrected chi connectivity index (χ3v) is 4.71. The van der Waals surface area contributed by atoms with Gasteiger partial charge in [-0.1, -0.05) is 50.9 Å².